The third-order valence-corrected chi connectivity index (χ3v) is 8.03. The summed E-state index contributed by atoms with van der Waals surface area (Å²) >= 11 is 0. The van der Waals surface area contributed by atoms with Crippen molar-refractivity contribution in [2.75, 3.05) is 0 Å². The molecule has 0 saturated heterocycles. The fourth-order valence-corrected chi connectivity index (χ4v) is 4.87. The molecule has 0 aliphatic rings. The Hall–Kier alpha value is -3.66. The van der Waals surface area contributed by atoms with Crippen LogP contribution in [0, 0.1) is 39.8 Å². The topological polar surface area (TPSA) is 51.8 Å². The Morgan fingerprint density at radius 1 is 0.727 bits per heavy atom. The van der Waals surface area contributed by atoms with Gasteiger partial charge in [-0.1, -0.05) is 102 Å². The van der Waals surface area contributed by atoms with Gasteiger partial charge in [0.05, 0.1) is 5.58 Å². The van der Waals surface area contributed by atoms with Gasteiger partial charge < -0.3 is 9.40 Å². The van der Waals surface area contributed by atoms with Crippen LogP contribution in [0.5, 0.6) is 0 Å². The number of hydrogen-bond acceptors (Lipinski definition) is 4. The number of fused-ring (bicyclic) bond motifs is 3. The van der Waals surface area contributed by atoms with Gasteiger partial charge in [-0.15, -0.1) is 41.0 Å². The van der Waals surface area contributed by atoms with Crippen LogP contribution >= 0.6 is 0 Å². The van der Waals surface area contributed by atoms with Gasteiger partial charge in [0.2, 0.25) is 0 Å². The van der Waals surface area contributed by atoms with Gasteiger partial charge in [-0.2, -0.15) is 0 Å². The second-order valence-corrected chi connectivity index (χ2v) is 13.6. The van der Waals surface area contributed by atoms with E-state index in [1.807, 2.05) is 24.5 Å². The van der Waals surface area contributed by atoms with Gasteiger partial charge in [0, 0.05) is 61.1 Å². The van der Waals surface area contributed by atoms with Crippen molar-refractivity contribution in [2.24, 2.45) is 0 Å². The number of aryl methyl sites for hydroxylation is 4. The van der Waals surface area contributed by atoms with Crippen LogP contribution in [-0.2, 0) is 30.9 Å². The summed E-state index contributed by atoms with van der Waals surface area (Å²) in [6, 6.07) is 23.5. The summed E-state index contributed by atoms with van der Waals surface area (Å²) in [6.45, 7) is 21.6. The zero-order valence-corrected chi connectivity index (χ0v) is 29.8. The van der Waals surface area contributed by atoms with Crippen molar-refractivity contribution in [3.63, 3.8) is 0 Å². The van der Waals surface area contributed by atoms with E-state index in [4.69, 9.17) is 9.40 Å². The number of furan rings is 1. The standard InChI is InChI=1S/C24H25N2O.C15H16N.Ir/c1-23(2,3)16-9-11-25-19(14-16)18-13-15-10-12-27-22(15)21-17(18)7-8-20(26-21)24(4,5)6;1-10-5-6-14(7-11(10)2)15-8-12(3)13(4)9-16-15;/h7-12,14H,1-6H3;5,7-9H,1-4H3;/q2*-1;. The van der Waals surface area contributed by atoms with E-state index >= 15 is 0 Å². The first kappa shape index (κ1) is 33.2. The van der Waals surface area contributed by atoms with Gasteiger partial charge in [-0.3, -0.25) is 9.97 Å². The molecule has 229 valence electrons. The summed E-state index contributed by atoms with van der Waals surface area (Å²) in [7, 11) is 0. The van der Waals surface area contributed by atoms with Crippen molar-refractivity contribution >= 4 is 21.9 Å². The van der Waals surface area contributed by atoms with Crippen LogP contribution in [0.1, 0.15) is 75.1 Å². The van der Waals surface area contributed by atoms with Crippen molar-refractivity contribution in [3.05, 3.63) is 113 Å². The average Bonchev–Trinajstić information content (AvgIpc) is 3.44. The molecule has 4 heterocycles. The van der Waals surface area contributed by atoms with E-state index in [-0.39, 0.29) is 30.9 Å². The minimum Gasteiger partial charge on any atom is -0.506 e. The van der Waals surface area contributed by atoms with Gasteiger partial charge in [0.1, 0.15) is 0 Å². The van der Waals surface area contributed by atoms with Crippen LogP contribution in [0.4, 0.5) is 0 Å². The largest absolute Gasteiger partial charge is 0.506 e. The normalized spacial score (nSPS) is 11.7. The number of nitrogens with zero attached hydrogens (tertiary/aromatic N) is 3. The third-order valence-electron chi connectivity index (χ3n) is 8.03. The first-order valence-electron chi connectivity index (χ1n) is 14.9. The molecule has 0 amide bonds. The maximum Gasteiger partial charge on any atom is 0.0847 e. The molecule has 6 aromatic rings. The number of aromatic nitrogens is 3. The monoisotopic (exact) mass is 760 g/mol. The van der Waals surface area contributed by atoms with Crippen LogP contribution in [-0.4, -0.2) is 15.0 Å². The second-order valence-electron chi connectivity index (χ2n) is 13.6. The third kappa shape index (κ3) is 7.01. The predicted molar refractivity (Wildman–Crippen MR) is 178 cm³/mol. The summed E-state index contributed by atoms with van der Waals surface area (Å²) in [6.07, 6.45) is 5.51. The quantitative estimate of drug-likeness (QED) is 0.165. The molecule has 0 saturated carbocycles. The summed E-state index contributed by atoms with van der Waals surface area (Å²) < 4.78 is 5.75. The molecule has 44 heavy (non-hydrogen) atoms. The number of benzene rings is 2. The maximum atomic E-state index is 5.75. The van der Waals surface area contributed by atoms with Crippen LogP contribution in [0.25, 0.3) is 44.4 Å². The molecule has 5 heteroatoms. The van der Waals surface area contributed by atoms with Crippen molar-refractivity contribution in [1.29, 1.82) is 0 Å². The van der Waals surface area contributed by atoms with Crippen LogP contribution in [0.3, 0.4) is 0 Å². The molecule has 6 rings (SSSR count). The van der Waals surface area contributed by atoms with Crippen molar-refractivity contribution < 1.29 is 24.5 Å². The molecule has 0 fully saturated rings. The van der Waals surface area contributed by atoms with Gasteiger partial charge in [-0.05, 0) is 48.2 Å². The molecule has 0 spiro atoms. The smallest absolute Gasteiger partial charge is 0.0847 e. The van der Waals surface area contributed by atoms with E-state index in [0.717, 1.165) is 50.1 Å². The Morgan fingerprint density at radius 2 is 1.45 bits per heavy atom. The molecule has 1 radical (unpaired) electrons. The summed E-state index contributed by atoms with van der Waals surface area (Å²) in [5, 5.41) is 1.95. The maximum absolute atomic E-state index is 5.75. The molecule has 4 nitrogen and oxygen atoms in total. The van der Waals surface area contributed by atoms with E-state index in [9.17, 15) is 0 Å². The van der Waals surface area contributed by atoms with Crippen molar-refractivity contribution in [3.8, 4) is 22.5 Å². The molecule has 0 atom stereocenters. The first-order chi connectivity index (χ1) is 20.2. The fourth-order valence-electron chi connectivity index (χ4n) is 4.87. The molecule has 0 unspecified atom stereocenters. The zero-order chi connectivity index (χ0) is 31.1. The zero-order valence-electron chi connectivity index (χ0n) is 27.4. The van der Waals surface area contributed by atoms with Crippen LogP contribution in [0.15, 0.2) is 71.6 Å². The van der Waals surface area contributed by atoms with Crippen molar-refractivity contribution in [2.45, 2.75) is 80.1 Å². The summed E-state index contributed by atoms with van der Waals surface area (Å²) in [4.78, 5) is 14.1. The molecule has 4 aromatic heterocycles. The van der Waals surface area contributed by atoms with Gasteiger partial charge >= 0.3 is 0 Å². The van der Waals surface area contributed by atoms with E-state index in [1.165, 1.54) is 27.8 Å². The SMILES string of the molecule is CC(C)(C)c1ccnc(-c2[c-]c3ccoc3c3nc(C(C)(C)C)ccc23)c1.Cc1c[c-]c(-c2cc(C)c(C)cn2)cc1C.[Ir]. The van der Waals surface area contributed by atoms with E-state index in [2.05, 4.69) is 128 Å². The van der Waals surface area contributed by atoms with Gasteiger partial charge in [0.25, 0.3) is 0 Å². The Kier molecular flexibility index (Phi) is 9.63. The molecule has 2 aromatic carbocycles. The number of pyridine rings is 3. The Bertz CT molecular complexity index is 1890. The van der Waals surface area contributed by atoms with Crippen molar-refractivity contribution in [1.82, 2.24) is 15.0 Å². The van der Waals surface area contributed by atoms with E-state index in [0.29, 0.717) is 0 Å². The minimum atomic E-state index is -0.0305. The fraction of sp³-hybridized carbons (Fsp3) is 0.308. The minimum absolute atomic E-state index is 0. The van der Waals surface area contributed by atoms with E-state index < -0.39 is 0 Å². The van der Waals surface area contributed by atoms with Gasteiger partial charge in [0.15, 0.2) is 0 Å². The first-order valence-corrected chi connectivity index (χ1v) is 14.9. The molecular formula is C39H41IrN3O-2. The molecule has 0 aliphatic heterocycles. The molecule has 0 N–H and O–H groups in total. The number of hydrogen-bond donors (Lipinski definition) is 0. The van der Waals surface area contributed by atoms with E-state index in [1.54, 1.807) is 6.26 Å². The average molecular weight is 760 g/mol. The molecule has 0 aliphatic carbocycles. The van der Waals surface area contributed by atoms with Crippen LogP contribution in [0.2, 0.25) is 0 Å². The van der Waals surface area contributed by atoms with Crippen LogP contribution < -0.4 is 0 Å². The second kappa shape index (κ2) is 12.8. The molecule has 0 bridgehead atoms. The predicted octanol–water partition coefficient (Wildman–Crippen LogP) is 10.2. The summed E-state index contributed by atoms with van der Waals surface area (Å²) in [5.41, 5.74) is 13.0. The Balaban J connectivity index is 0.000000223. The van der Waals surface area contributed by atoms with Gasteiger partial charge in [-0.25, -0.2) is 0 Å². The Morgan fingerprint density at radius 3 is 2.11 bits per heavy atom. The number of rotatable bonds is 2. The molecular weight excluding hydrogens is 719 g/mol. The Labute approximate surface area is 275 Å². The summed E-state index contributed by atoms with van der Waals surface area (Å²) in [5.74, 6) is 0.